The van der Waals surface area contributed by atoms with Crippen LogP contribution in [0.2, 0.25) is 0 Å². The number of aliphatic hydroxyl groups excluding tert-OH is 1. The summed E-state index contributed by atoms with van der Waals surface area (Å²) in [6.07, 6.45) is 0.793. The fourth-order valence-electron chi connectivity index (χ4n) is 2.42. The van der Waals surface area contributed by atoms with Gasteiger partial charge in [-0.1, -0.05) is 18.2 Å². The second kappa shape index (κ2) is 13.1. The molecule has 1 unspecified atom stereocenters. The van der Waals surface area contributed by atoms with E-state index < -0.39 is 12.7 Å². The monoisotopic (exact) mass is 522 g/mol. The molecule has 0 amide bonds. The number of nitrogens with one attached hydrogen (secondary N) is 2. The summed E-state index contributed by atoms with van der Waals surface area (Å²) in [5.41, 5.74) is 1.40. The van der Waals surface area contributed by atoms with E-state index in [0.717, 1.165) is 5.56 Å². The standard InChI is InChI=1S/C19H24F2N4O3.HI/c1-3-22-19(24-11-14-5-4-10-23-17(14)27-2)25-12-16(26)13-6-8-15(9-7-13)28-18(20)21;/h4-10,16,18,26H,3,11-12H2,1-2H3,(H2,22,24,25);1H. The van der Waals surface area contributed by atoms with Gasteiger partial charge in [-0.3, -0.25) is 0 Å². The van der Waals surface area contributed by atoms with Crippen molar-refractivity contribution in [2.24, 2.45) is 4.99 Å². The maximum Gasteiger partial charge on any atom is 0.387 e. The Labute approximate surface area is 185 Å². The van der Waals surface area contributed by atoms with Gasteiger partial charge in [0.15, 0.2) is 5.96 Å². The van der Waals surface area contributed by atoms with E-state index >= 15 is 0 Å². The molecule has 160 valence electrons. The predicted molar refractivity (Wildman–Crippen MR) is 117 cm³/mol. The molecule has 0 bridgehead atoms. The first-order valence-electron chi connectivity index (χ1n) is 8.76. The number of hydrogen-bond donors (Lipinski definition) is 3. The predicted octanol–water partition coefficient (Wildman–Crippen LogP) is 3.10. The van der Waals surface area contributed by atoms with Crippen molar-refractivity contribution in [3.63, 3.8) is 0 Å². The Morgan fingerprint density at radius 2 is 1.93 bits per heavy atom. The van der Waals surface area contributed by atoms with Gasteiger partial charge in [0.05, 0.1) is 19.8 Å². The number of nitrogens with zero attached hydrogens (tertiary/aromatic N) is 2. The summed E-state index contributed by atoms with van der Waals surface area (Å²) in [6.45, 7) is 0.230. The smallest absolute Gasteiger partial charge is 0.387 e. The summed E-state index contributed by atoms with van der Waals surface area (Å²) in [5, 5.41) is 16.5. The lowest BCUT2D eigenvalue weighted by molar-refractivity contribution is -0.0498. The third kappa shape index (κ3) is 8.36. The van der Waals surface area contributed by atoms with E-state index in [-0.39, 0.29) is 36.3 Å². The average Bonchev–Trinajstić information content (AvgIpc) is 2.70. The molecule has 1 heterocycles. The molecule has 2 rings (SSSR count). The van der Waals surface area contributed by atoms with Crippen LogP contribution < -0.4 is 20.1 Å². The molecule has 29 heavy (non-hydrogen) atoms. The van der Waals surface area contributed by atoms with Crippen LogP contribution in [0.4, 0.5) is 8.78 Å². The first-order valence-corrected chi connectivity index (χ1v) is 8.76. The number of aliphatic imine (C=N–C) groups is 1. The summed E-state index contributed by atoms with van der Waals surface area (Å²) < 4.78 is 33.9. The van der Waals surface area contributed by atoms with Crippen molar-refractivity contribution in [3.8, 4) is 11.6 Å². The van der Waals surface area contributed by atoms with Gasteiger partial charge in [-0.2, -0.15) is 8.78 Å². The maximum atomic E-state index is 12.2. The molecule has 1 atom stereocenters. The minimum absolute atomic E-state index is 0. The highest BCUT2D eigenvalue weighted by molar-refractivity contribution is 14.0. The zero-order chi connectivity index (χ0) is 20.4. The molecule has 0 fully saturated rings. The van der Waals surface area contributed by atoms with Crippen LogP contribution >= 0.6 is 24.0 Å². The van der Waals surface area contributed by atoms with Crippen LogP contribution in [-0.4, -0.2) is 42.9 Å². The lowest BCUT2D eigenvalue weighted by atomic mass is 10.1. The highest BCUT2D eigenvalue weighted by Crippen LogP contribution is 2.19. The minimum atomic E-state index is -2.88. The second-order valence-electron chi connectivity index (χ2n) is 5.71. The van der Waals surface area contributed by atoms with E-state index in [4.69, 9.17) is 4.74 Å². The number of aliphatic hydroxyl groups is 1. The number of methoxy groups -OCH3 is 1. The molecule has 0 spiro atoms. The Hall–Kier alpha value is -2.21. The molecule has 1 aromatic heterocycles. The zero-order valence-corrected chi connectivity index (χ0v) is 18.5. The van der Waals surface area contributed by atoms with Gasteiger partial charge in [0.2, 0.25) is 5.88 Å². The van der Waals surface area contributed by atoms with Gasteiger partial charge in [0.1, 0.15) is 5.75 Å². The minimum Gasteiger partial charge on any atom is -0.481 e. The highest BCUT2D eigenvalue weighted by atomic mass is 127. The number of halogens is 3. The molecule has 1 aromatic carbocycles. The third-order valence-electron chi connectivity index (χ3n) is 3.75. The van der Waals surface area contributed by atoms with E-state index in [1.165, 1.54) is 24.3 Å². The number of rotatable bonds is 9. The Morgan fingerprint density at radius 1 is 1.21 bits per heavy atom. The van der Waals surface area contributed by atoms with Crippen molar-refractivity contribution in [1.82, 2.24) is 15.6 Å². The number of pyridine rings is 1. The highest BCUT2D eigenvalue weighted by Gasteiger charge is 2.10. The van der Waals surface area contributed by atoms with E-state index in [1.54, 1.807) is 19.4 Å². The lowest BCUT2D eigenvalue weighted by Crippen LogP contribution is -2.39. The van der Waals surface area contributed by atoms with Crippen LogP contribution in [0.25, 0.3) is 0 Å². The summed E-state index contributed by atoms with van der Waals surface area (Å²) >= 11 is 0. The first-order chi connectivity index (χ1) is 13.5. The molecule has 3 N–H and O–H groups in total. The van der Waals surface area contributed by atoms with Crippen molar-refractivity contribution in [1.29, 1.82) is 0 Å². The van der Waals surface area contributed by atoms with Crippen LogP contribution in [0.5, 0.6) is 11.6 Å². The van der Waals surface area contributed by atoms with Gasteiger partial charge in [0.25, 0.3) is 0 Å². The summed E-state index contributed by atoms with van der Waals surface area (Å²) in [4.78, 5) is 8.60. The molecule has 0 aliphatic heterocycles. The van der Waals surface area contributed by atoms with Gasteiger partial charge in [-0.25, -0.2) is 9.98 Å². The summed E-state index contributed by atoms with van der Waals surface area (Å²) in [7, 11) is 1.55. The van der Waals surface area contributed by atoms with Gasteiger partial charge in [-0.15, -0.1) is 24.0 Å². The molecular formula is C19H25F2IN4O3. The van der Waals surface area contributed by atoms with E-state index in [1.807, 2.05) is 13.0 Å². The van der Waals surface area contributed by atoms with Crippen LogP contribution in [0.15, 0.2) is 47.6 Å². The quantitative estimate of drug-likeness (QED) is 0.267. The van der Waals surface area contributed by atoms with Crippen molar-refractivity contribution in [2.75, 3.05) is 20.2 Å². The SMILES string of the molecule is CCNC(=NCc1cccnc1OC)NCC(O)c1ccc(OC(F)F)cc1.I. The molecule has 0 radical (unpaired) electrons. The van der Waals surface area contributed by atoms with Gasteiger partial charge in [-0.05, 0) is 30.7 Å². The van der Waals surface area contributed by atoms with E-state index in [2.05, 4.69) is 25.3 Å². The number of guanidine groups is 1. The largest absolute Gasteiger partial charge is 0.481 e. The molecule has 2 aromatic rings. The Bertz CT molecular complexity index is 763. The Balaban J connectivity index is 0.00000420. The van der Waals surface area contributed by atoms with Crippen LogP contribution in [0.3, 0.4) is 0 Å². The molecule has 7 nitrogen and oxygen atoms in total. The fourth-order valence-corrected chi connectivity index (χ4v) is 2.42. The van der Waals surface area contributed by atoms with Crippen LogP contribution in [0.1, 0.15) is 24.2 Å². The second-order valence-corrected chi connectivity index (χ2v) is 5.71. The first kappa shape index (κ1) is 24.8. The number of alkyl halides is 2. The molecule has 0 saturated carbocycles. The zero-order valence-electron chi connectivity index (χ0n) is 16.1. The van der Waals surface area contributed by atoms with Crippen molar-refractivity contribution < 1.29 is 23.4 Å². The normalized spacial score (nSPS) is 12.1. The summed E-state index contributed by atoms with van der Waals surface area (Å²) in [6, 6.07) is 9.52. The number of benzene rings is 1. The van der Waals surface area contributed by atoms with Gasteiger partial charge in [0, 0.05) is 24.8 Å². The molecule has 0 saturated heterocycles. The number of hydrogen-bond acceptors (Lipinski definition) is 5. The Morgan fingerprint density at radius 3 is 2.55 bits per heavy atom. The fraction of sp³-hybridized carbons (Fsp3) is 0.368. The number of aromatic nitrogens is 1. The molecule has 0 aliphatic carbocycles. The van der Waals surface area contributed by atoms with Crippen molar-refractivity contribution in [2.45, 2.75) is 26.2 Å². The molecule has 10 heteroatoms. The topological polar surface area (TPSA) is 88.0 Å². The van der Waals surface area contributed by atoms with Crippen LogP contribution in [0, 0.1) is 0 Å². The third-order valence-corrected chi connectivity index (χ3v) is 3.75. The van der Waals surface area contributed by atoms with Gasteiger partial charge < -0.3 is 25.2 Å². The van der Waals surface area contributed by atoms with E-state index in [0.29, 0.717) is 30.5 Å². The number of ether oxygens (including phenoxy) is 2. The Kier molecular flexibility index (Phi) is 11.2. The molecule has 0 aliphatic rings. The maximum absolute atomic E-state index is 12.2. The lowest BCUT2D eigenvalue weighted by Gasteiger charge is -2.16. The average molecular weight is 522 g/mol. The van der Waals surface area contributed by atoms with Gasteiger partial charge >= 0.3 is 6.61 Å². The van der Waals surface area contributed by atoms with Crippen LogP contribution in [-0.2, 0) is 6.54 Å². The summed E-state index contributed by atoms with van der Waals surface area (Å²) in [5.74, 6) is 1.07. The molecular weight excluding hydrogens is 497 g/mol. The van der Waals surface area contributed by atoms with Crippen molar-refractivity contribution in [3.05, 3.63) is 53.7 Å². The van der Waals surface area contributed by atoms with Crippen molar-refractivity contribution >= 4 is 29.9 Å². The van der Waals surface area contributed by atoms with E-state index in [9.17, 15) is 13.9 Å².